The van der Waals surface area contributed by atoms with Crippen LogP contribution in [0.3, 0.4) is 0 Å². The van der Waals surface area contributed by atoms with Crippen molar-refractivity contribution in [2.45, 2.75) is 51.5 Å². The fraction of sp³-hybridized carbons (Fsp3) is 0.409. The van der Waals surface area contributed by atoms with E-state index < -0.39 is 0 Å². The quantitative estimate of drug-likeness (QED) is 0.814. The SMILES string of the molecule is CC(C)(C)O[C@H]1C[C@@H]2c3ccccc3CCN2N1C(=O)c1ccccc1. The monoisotopic (exact) mass is 350 g/mol. The Morgan fingerprint density at radius 1 is 1.04 bits per heavy atom. The summed E-state index contributed by atoms with van der Waals surface area (Å²) in [4.78, 5) is 13.3. The van der Waals surface area contributed by atoms with E-state index >= 15 is 0 Å². The molecule has 0 unspecified atom stereocenters. The van der Waals surface area contributed by atoms with Gasteiger partial charge in [-0.2, -0.15) is 0 Å². The van der Waals surface area contributed by atoms with Crippen molar-refractivity contribution in [3.05, 3.63) is 71.3 Å². The molecule has 1 saturated heterocycles. The third-order valence-corrected chi connectivity index (χ3v) is 5.08. The molecule has 0 aliphatic carbocycles. The Morgan fingerprint density at radius 2 is 1.73 bits per heavy atom. The van der Waals surface area contributed by atoms with Crippen molar-refractivity contribution in [3.8, 4) is 0 Å². The van der Waals surface area contributed by atoms with E-state index in [1.165, 1.54) is 11.1 Å². The van der Waals surface area contributed by atoms with E-state index in [2.05, 4.69) is 29.3 Å². The molecule has 136 valence electrons. The molecule has 0 saturated carbocycles. The zero-order chi connectivity index (χ0) is 18.3. The molecule has 0 aromatic heterocycles. The summed E-state index contributed by atoms with van der Waals surface area (Å²) in [5, 5.41) is 4.08. The van der Waals surface area contributed by atoms with Crippen molar-refractivity contribution >= 4 is 5.91 Å². The van der Waals surface area contributed by atoms with Crippen molar-refractivity contribution in [1.82, 2.24) is 10.0 Å². The van der Waals surface area contributed by atoms with Crippen LogP contribution in [-0.4, -0.2) is 34.3 Å². The molecule has 2 aliphatic heterocycles. The summed E-state index contributed by atoms with van der Waals surface area (Å²) in [5.41, 5.74) is 3.10. The lowest BCUT2D eigenvalue weighted by Crippen LogP contribution is -2.50. The minimum Gasteiger partial charge on any atom is -0.351 e. The highest BCUT2D eigenvalue weighted by atomic mass is 16.5. The minimum atomic E-state index is -0.311. The van der Waals surface area contributed by atoms with Crippen LogP contribution < -0.4 is 0 Å². The normalized spacial score (nSPS) is 22.8. The summed E-state index contributed by atoms with van der Waals surface area (Å²) in [5.74, 6) is 0.0155. The maximum Gasteiger partial charge on any atom is 0.270 e. The molecule has 0 bridgehead atoms. The number of carbonyl (C=O) groups excluding carboxylic acids is 1. The van der Waals surface area contributed by atoms with E-state index in [-0.39, 0.29) is 23.8 Å². The molecule has 1 fully saturated rings. The molecule has 2 aliphatic rings. The van der Waals surface area contributed by atoms with Crippen molar-refractivity contribution in [2.75, 3.05) is 6.54 Å². The van der Waals surface area contributed by atoms with Gasteiger partial charge < -0.3 is 4.74 Å². The molecule has 4 heteroatoms. The van der Waals surface area contributed by atoms with Gasteiger partial charge in [-0.1, -0.05) is 42.5 Å². The average Bonchev–Trinajstić information content (AvgIpc) is 2.98. The average molecular weight is 350 g/mol. The lowest BCUT2D eigenvalue weighted by molar-refractivity contribution is -0.146. The Labute approximate surface area is 155 Å². The van der Waals surface area contributed by atoms with Crippen LogP contribution in [0.5, 0.6) is 0 Å². The fourth-order valence-corrected chi connectivity index (χ4v) is 4.07. The van der Waals surface area contributed by atoms with Gasteiger partial charge in [-0.25, -0.2) is 10.0 Å². The van der Waals surface area contributed by atoms with Crippen LogP contribution in [0.4, 0.5) is 0 Å². The van der Waals surface area contributed by atoms with Crippen molar-refractivity contribution < 1.29 is 9.53 Å². The molecule has 1 amide bonds. The molecule has 2 aromatic rings. The zero-order valence-electron chi connectivity index (χ0n) is 15.7. The smallest absolute Gasteiger partial charge is 0.270 e. The lowest BCUT2D eigenvalue weighted by Gasteiger charge is -2.38. The summed E-state index contributed by atoms with van der Waals surface area (Å²) in [6.07, 6.45) is 1.50. The Morgan fingerprint density at radius 3 is 2.46 bits per heavy atom. The summed E-state index contributed by atoms with van der Waals surface area (Å²) < 4.78 is 6.32. The van der Waals surface area contributed by atoms with E-state index in [4.69, 9.17) is 4.74 Å². The van der Waals surface area contributed by atoms with Gasteiger partial charge in [-0.3, -0.25) is 4.79 Å². The second kappa shape index (κ2) is 6.53. The highest BCUT2D eigenvalue weighted by Gasteiger charge is 2.46. The van der Waals surface area contributed by atoms with Crippen LogP contribution in [0.25, 0.3) is 0 Å². The third-order valence-electron chi connectivity index (χ3n) is 5.08. The number of fused-ring (bicyclic) bond motifs is 3. The van der Waals surface area contributed by atoms with Crippen LogP contribution in [-0.2, 0) is 11.2 Å². The highest BCUT2D eigenvalue weighted by Crippen LogP contribution is 2.42. The molecule has 0 spiro atoms. The summed E-state index contributed by atoms with van der Waals surface area (Å²) in [6.45, 7) is 6.97. The first-order valence-electron chi connectivity index (χ1n) is 9.35. The summed E-state index contributed by atoms with van der Waals surface area (Å²) >= 11 is 0. The van der Waals surface area contributed by atoms with E-state index in [0.29, 0.717) is 5.56 Å². The van der Waals surface area contributed by atoms with Gasteiger partial charge in [0.05, 0.1) is 11.6 Å². The Kier molecular flexibility index (Phi) is 4.33. The van der Waals surface area contributed by atoms with E-state index in [1.807, 2.05) is 56.1 Å². The molecule has 26 heavy (non-hydrogen) atoms. The maximum atomic E-state index is 13.3. The first-order valence-corrected chi connectivity index (χ1v) is 9.35. The number of benzene rings is 2. The second-order valence-electron chi connectivity index (χ2n) is 8.06. The predicted octanol–water partition coefficient (Wildman–Crippen LogP) is 4.19. The zero-order valence-corrected chi connectivity index (χ0v) is 15.7. The second-order valence-corrected chi connectivity index (χ2v) is 8.06. The number of nitrogens with zero attached hydrogens (tertiary/aromatic N) is 2. The van der Waals surface area contributed by atoms with E-state index in [1.54, 1.807) is 0 Å². The van der Waals surface area contributed by atoms with Crippen LogP contribution in [0, 0.1) is 0 Å². The molecular weight excluding hydrogens is 324 g/mol. The van der Waals surface area contributed by atoms with Gasteiger partial charge in [-0.15, -0.1) is 0 Å². The number of rotatable bonds is 2. The Balaban J connectivity index is 1.71. The van der Waals surface area contributed by atoms with Gasteiger partial charge in [0.2, 0.25) is 0 Å². The van der Waals surface area contributed by atoms with Gasteiger partial charge in [0.1, 0.15) is 6.23 Å². The minimum absolute atomic E-state index is 0.0155. The predicted molar refractivity (Wildman–Crippen MR) is 101 cm³/mol. The molecule has 2 heterocycles. The molecular formula is C22H26N2O2. The molecule has 4 nitrogen and oxygen atoms in total. The Hall–Kier alpha value is -2.17. The molecule has 0 N–H and O–H groups in total. The lowest BCUT2D eigenvalue weighted by atomic mass is 9.93. The van der Waals surface area contributed by atoms with Gasteiger partial charge in [0.25, 0.3) is 5.91 Å². The van der Waals surface area contributed by atoms with Gasteiger partial charge in [-0.05, 0) is 50.5 Å². The van der Waals surface area contributed by atoms with E-state index in [0.717, 1.165) is 19.4 Å². The largest absolute Gasteiger partial charge is 0.351 e. The highest BCUT2D eigenvalue weighted by molar-refractivity contribution is 5.94. The third kappa shape index (κ3) is 3.15. The molecule has 2 atom stereocenters. The van der Waals surface area contributed by atoms with Crippen LogP contribution in [0.1, 0.15) is 54.7 Å². The first-order chi connectivity index (χ1) is 12.4. The van der Waals surface area contributed by atoms with Crippen LogP contribution in [0.2, 0.25) is 0 Å². The first kappa shape index (κ1) is 17.3. The molecule has 4 rings (SSSR count). The van der Waals surface area contributed by atoms with Crippen molar-refractivity contribution in [1.29, 1.82) is 0 Å². The number of carbonyl (C=O) groups is 1. The fourth-order valence-electron chi connectivity index (χ4n) is 4.07. The van der Waals surface area contributed by atoms with Crippen molar-refractivity contribution in [2.24, 2.45) is 0 Å². The molecule has 0 radical (unpaired) electrons. The standard InChI is InChI=1S/C22H26N2O2/c1-22(2,3)26-20-15-19-18-12-8-7-9-16(18)13-14-23(19)24(20)21(25)17-10-5-4-6-11-17/h4-12,19-20H,13-15H2,1-3H3/t19-,20+/m1/s1. The molecule has 2 aromatic carbocycles. The Bertz CT molecular complexity index is 797. The van der Waals surface area contributed by atoms with Crippen LogP contribution in [0.15, 0.2) is 54.6 Å². The maximum absolute atomic E-state index is 13.3. The van der Waals surface area contributed by atoms with Gasteiger partial charge in [0.15, 0.2) is 0 Å². The number of hydrogen-bond acceptors (Lipinski definition) is 3. The topological polar surface area (TPSA) is 32.8 Å². The summed E-state index contributed by atoms with van der Waals surface area (Å²) in [7, 11) is 0. The van der Waals surface area contributed by atoms with Crippen LogP contribution >= 0.6 is 0 Å². The van der Waals surface area contributed by atoms with Crippen molar-refractivity contribution in [3.63, 3.8) is 0 Å². The number of ether oxygens (including phenoxy) is 1. The number of amides is 1. The van der Waals surface area contributed by atoms with E-state index in [9.17, 15) is 4.79 Å². The number of hydrogen-bond donors (Lipinski definition) is 0. The summed E-state index contributed by atoms with van der Waals surface area (Å²) in [6, 6.07) is 18.3. The van der Waals surface area contributed by atoms with Gasteiger partial charge >= 0.3 is 0 Å². The number of hydrazine groups is 1. The van der Waals surface area contributed by atoms with Gasteiger partial charge in [0, 0.05) is 18.5 Å².